The lowest BCUT2D eigenvalue weighted by Crippen LogP contribution is -2.25. The first-order chi connectivity index (χ1) is 8.99. The Bertz CT molecular complexity index is 562. The number of carbonyl (C=O) groups is 2. The third-order valence-electron chi connectivity index (χ3n) is 2.42. The molecule has 0 radical (unpaired) electrons. The Balaban J connectivity index is 2.30. The topological polar surface area (TPSA) is 61.8 Å². The van der Waals surface area contributed by atoms with E-state index >= 15 is 0 Å². The van der Waals surface area contributed by atoms with E-state index in [1.807, 2.05) is 18.2 Å². The van der Waals surface area contributed by atoms with E-state index < -0.39 is 0 Å². The summed E-state index contributed by atoms with van der Waals surface area (Å²) in [5, 5.41) is 8.60. The van der Waals surface area contributed by atoms with E-state index in [-0.39, 0.29) is 17.2 Å². The molecule has 5 nitrogen and oxygen atoms in total. The van der Waals surface area contributed by atoms with Crippen LogP contribution in [-0.4, -0.2) is 22.0 Å². The molecule has 2 rings (SSSR count). The maximum atomic E-state index is 11.6. The number of nitrogens with zero attached hydrogens (tertiary/aromatic N) is 2. The van der Waals surface area contributed by atoms with Crippen molar-refractivity contribution < 1.29 is 9.59 Å². The second-order valence-electron chi connectivity index (χ2n) is 3.94. The SMILES string of the molecule is CC(=O)NC1=NN(C(C)=O)C(c2ccccc2Cl)S1. The standard InChI is InChI=1S/C12H12ClN3O2S/c1-7(17)14-12-15-16(8(2)18)11(19-12)9-5-3-4-6-10(9)13/h3-6,11H,1-2H3,(H,14,15,17). The van der Waals surface area contributed by atoms with Crippen molar-refractivity contribution in [3.8, 4) is 0 Å². The lowest BCUT2D eigenvalue weighted by molar-refractivity contribution is -0.129. The highest BCUT2D eigenvalue weighted by atomic mass is 35.5. The van der Waals surface area contributed by atoms with Gasteiger partial charge in [0.05, 0.1) is 0 Å². The maximum Gasteiger partial charge on any atom is 0.241 e. The van der Waals surface area contributed by atoms with Gasteiger partial charge >= 0.3 is 0 Å². The number of hydrogen-bond donors (Lipinski definition) is 1. The van der Waals surface area contributed by atoms with Crippen LogP contribution in [-0.2, 0) is 9.59 Å². The normalized spacial score (nSPS) is 18.2. The molecular formula is C12H12ClN3O2S. The Morgan fingerprint density at radius 3 is 2.63 bits per heavy atom. The lowest BCUT2D eigenvalue weighted by atomic mass is 10.2. The Hall–Kier alpha value is -1.53. The molecule has 1 aromatic carbocycles. The van der Waals surface area contributed by atoms with Crippen molar-refractivity contribution in [3.63, 3.8) is 0 Å². The molecule has 1 unspecified atom stereocenters. The largest absolute Gasteiger partial charge is 0.304 e. The number of benzene rings is 1. The Morgan fingerprint density at radius 2 is 2.05 bits per heavy atom. The van der Waals surface area contributed by atoms with Crippen LogP contribution in [0.15, 0.2) is 29.4 Å². The van der Waals surface area contributed by atoms with Crippen LogP contribution in [0.3, 0.4) is 0 Å². The molecule has 1 aliphatic heterocycles. The molecule has 1 N–H and O–H groups in total. The highest BCUT2D eigenvalue weighted by Gasteiger charge is 2.33. The first kappa shape index (κ1) is 13.9. The van der Waals surface area contributed by atoms with Crippen molar-refractivity contribution in [1.29, 1.82) is 0 Å². The van der Waals surface area contributed by atoms with Gasteiger partial charge in [-0.2, -0.15) is 0 Å². The summed E-state index contributed by atoms with van der Waals surface area (Å²) in [6.45, 7) is 2.81. The van der Waals surface area contributed by atoms with Crippen LogP contribution in [0.4, 0.5) is 0 Å². The van der Waals surface area contributed by atoms with Crippen molar-refractivity contribution in [2.45, 2.75) is 19.2 Å². The summed E-state index contributed by atoms with van der Waals surface area (Å²) in [5.74, 6) is -0.438. The predicted octanol–water partition coefficient (Wildman–Crippen LogP) is 2.34. The minimum atomic E-state index is -0.354. The van der Waals surface area contributed by atoms with Gasteiger partial charge in [-0.3, -0.25) is 9.59 Å². The molecule has 2 amide bonds. The summed E-state index contributed by atoms with van der Waals surface area (Å²) >= 11 is 7.42. The average molecular weight is 298 g/mol. The summed E-state index contributed by atoms with van der Waals surface area (Å²) < 4.78 is 0. The van der Waals surface area contributed by atoms with Crippen LogP contribution in [0.2, 0.25) is 5.02 Å². The molecule has 0 bridgehead atoms. The third kappa shape index (κ3) is 3.08. The number of hydrogen-bond acceptors (Lipinski definition) is 4. The van der Waals surface area contributed by atoms with E-state index in [4.69, 9.17) is 11.6 Å². The number of carbonyl (C=O) groups excluding carboxylic acids is 2. The number of amides is 2. The molecule has 7 heteroatoms. The second-order valence-corrected chi connectivity index (χ2v) is 5.42. The van der Waals surface area contributed by atoms with Crippen LogP contribution in [0.1, 0.15) is 24.8 Å². The molecule has 0 saturated carbocycles. The minimum absolute atomic E-state index is 0.210. The number of amidine groups is 1. The fourth-order valence-electron chi connectivity index (χ4n) is 1.64. The number of hydrazone groups is 1. The second kappa shape index (κ2) is 5.63. The van der Waals surface area contributed by atoms with Gasteiger partial charge in [0, 0.05) is 24.4 Å². The number of rotatable bonds is 1. The van der Waals surface area contributed by atoms with Crippen LogP contribution in [0.25, 0.3) is 0 Å². The van der Waals surface area contributed by atoms with Gasteiger partial charge in [-0.1, -0.05) is 41.6 Å². The zero-order valence-corrected chi connectivity index (χ0v) is 12.0. The first-order valence-corrected chi connectivity index (χ1v) is 6.82. The van der Waals surface area contributed by atoms with Gasteiger partial charge in [-0.05, 0) is 6.07 Å². The number of nitrogens with one attached hydrogen (secondary N) is 1. The molecule has 1 aromatic rings. The van der Waals surface area contributed by atoms with Gasteiger partial charge in [0.15, 0.2) is 5.17 Å². The molecule has 0 saturated heterocycles. The number of halogens is 1. The third-order valence-corrected chi connectivity index (χ3v) is 3.85. The summed E-state index contributed by atoms with van der Waals surface area (Å²) in [5.41, 5.74) is 0.786. The molecule has 0 aliphatic carbocycles. The van der Waals surface area contributed by atoms with E-state index in [0.717, 1.165) is 5.56 Å². The van der Waals surface area contributed by atoms with Crippen LogP contribution in [0.5, 0.6) is 0 Å². The van der Waals surface area contributed by atoms with E-state index in [2.05, 4.69) is 10.4 Å². The van der Waals surface area contributed by atoms with E-state index in [1.54, 1.807) is 6.07 Å². The van der Waals surface area contributed by atoms with Crippen molar-refractivity contribution in [1.82, 2.24) is 10.3 Å². The average Bonchev–Trinajstić information content (AvgIpc) is 2.72. The van der Waals surface area contributed by atoms with E-state index in [0.29, 0.717) is 10.2 Å². The van der Waals surface area contributed by atoms with Crippen LogP contribution in [0, 0.1) is 0 Å². The van der Waals surface area contributed by atoms with Gasteiger partial charge in [0.25, 0.3) is 0 Å². The van der Waals surface area contributed by atoms with Crippen LogP contribution >= 0.6 is 23.4 Å². The summed E-state index contributed by atoms with van der Waals surface area (Å²) in [7, 11) is 0. The molecule has 0 fully saturated rings. The Labute approximate surface area is 120 Å². The van der Waals surface area contributed by atoms with Crippen molar-refractivity contribution in [3.05, 3.63) is 34.9 Å². The fraction of sp³-hybridized carbons (Fsp3) is 0.250. The summed E-state index contributed by atoms with van der Waals surface area (Å²) in [6, 6.07) is 7.25. The summed E-state index contributed by atoms with van der Waals surface area (Å²) in [4.78, 5) is 22.7. The first-order valence-electron chi connectivity index (χ1n) is 5.56. The van der Waals surface area contributed by atoms with Crippen molar-refractivity contribution in [2.24, 2.45) is 5.10 Å². The molecule has 1 heterocycles. The highest BCUT2D eigenvalue weighted by molar-refractivity contribution is 8.14. The van der Waals surface area contributed by atoms with Gasteiger partial charge in [-0.25, -0.2) is 5.01 Å². The predicted molar refractivity (Wildman–Crippen MR) is 75.6 cm³/mol. The number of thioether (sulfide) groups is 1. The Kier molecular flexibility index (Phi) is 4.11. The minimum Gasteiger partial charge on any atom is -0.304 e. The lowest BCUT2D eigenvalue weighted by Gasteiger charge is -2.19. The highest BCUT2D eigenvalue weighted by Crippen LogP contribution is 2.41. The zero-order valence-electron chi connectivity index (χ0n) is 10.4. The molecule has 100 valence electrons. The zero-order chi connectivity index (χ0) is 14.0. The van der Waals surface area contributed by atoms with Gasteiger partial charge in [0.1, 0.15) is 5.37 Å². The van der Waals surface area contributed by atoms with E-state index in [9.17, 15) is 9.59 Å². The van der Waals surface area contributed by atoms with Crippen molar-refractivity contribution >= 4 is 40.3 Å². The van der Waals surface area contributed by atoms with Gasteiger partial charge in [-0.15, -0.1) is 5.10 Å². The quantitative estimate of drug-likeness (QED) is 0.865. The molecule has 1 aliphatic rings. The van der Waals surface area contributed by atoms with E-state index in [1.165, 1.54) is 30.6 Å². The molecule has 19 heavy (non-hydrogen) atoms. The van der Waals surface area contributed by atoms with Gasteiger partial charge in [0.2, 0.25) is 11.8 Å². The monoisotopic (exact) mass is 297 g/mol. The van der Waals surface area contributed by atoms with Crippen LogP contribution < -0.4 is 5.32 Å². The fourth-order valence-corrected chi connectivity index (χ4v) is 3.12. The molecule has 1 atom stereocenters. The summed E-state index contributed by atoms with van der Waals surface area (Å²) in [6.07, 6.45) is 0. The Morgan fingerprint density at radius 1 is 1.37 bits per heavy atom. The van der Waals surface area contributed by atoms with Gasteiger partial charge < -0.3 is 5.32 Å². The molecular weight excluding hydrogens is 286 g/mol. The smallest absolute Gasteiger partial charge is 0.241 e. The maximum absolute atomic E-state index is 11.6. The van der Waals surface area contributed by atoms with Crippen molar-refractivity contribution in [2.75, 3.05) is 0 Å². The molecule has 0 spiro atoms. The molecule has 0 aromatic heterocycles.